The summed E-state index contributed by atoms with van der Waals surface area (Å²) in [5.41, 5.74) is -0.972. The van der Waals surface area contributed by atoms with Crippen molar-refractivity contribution >= 4 is 15.9 Å². The van der Waals surface area contributed by atoms with Gasteiger partial charge in [0.15, 0.2) is 0 Å². The fourth-order valence-electron chi connectivity index (χ4n) is 2.46. The number of benzene rings is 2. The average Bonchev–Trinajstić information content (AvgIpc) is 2.65. The zero-order valence-corrected chi connectivity index (χ0v) is 16.2. The summed E-state index contributed by atoms with van der Waals surface area (Å²) in [5.74, 6) is -0.961. The van der Waals surface area contributed by atoms with Gasteiger partial charge >= 0.3 is 12.8 Å². The van der Waals surface area contributed by atoms with Crippen LogP contribution in [0.25, 0.3) is 0 Å². The Morgan fingerprint density at radius 3 is 2.40 bits per heavy atom. The minimum atomic E-state index is -4.90. The normalized spacial score (nSPS) is 13.2. The highest BCUT2D eigenvalue weighted by Gasteiger charge is 2.37. The summed E-state index contributed by atoms with van der Waals surface area (Å²) in [5, 5.41) is 2.37. The van der Waals surface area contributed by atoms with Crippen LogP contribution in [0.5, 0.6) is 5.75 Å². The minimum Gasteiger partial charge on any atom is -0.435 e. The van der Waals surface area contributed by atoms with E-state index in [2.05, 4.69) is 10.1 Å². The third kappa shape index (κ3) is 6.39. The van der Waals surface area contributed by atoms with E-state index in [4.69, 9.17) is 0 Å². The first kappa shape index (κ1) is 23.5. The van der Waals surface area contributed by atoms with E-state index >= 15 is 0 Å². The predicted octanol–water partition coefficient (Wildman–Crippen LogP) is 3.29. The van der Waals surface area contributed by atoms with Crippen molar-refractivity contribution in [2.24, 2.45) is 0 Å². The number of nitrogens with one attached hydrogen (secondary N) is 2. The first-order chi connectivity index (χ1) is 13.9. The lowest BCUT2D eigenvalue weighted by molar-refractivity contribution is -0.139. The van der Waals surface area contributed by atoms with E-state index in [1.54, 1.807) is 0 Å². The van der Waals surface area contributed by atoms with Gasteiger partial charge in [0.1, 0.15) is 5.75 Å². The zero-order chi connectivity index (χ0) is 22.5. The van der Waals surface area contributed by atoms with Crippen molar-refractivity contribution in [1.82, 2.24) is 10.0 Å². The van der Waals surface area contributed by atoms with Crippen LogP contribution in [0.2, 0.25) is 0 Å². The second kappa shape index (κ2) is 9.39. The van der Waals surface area contributed by atoms with Crippen LogP contribution in [0, 0.1) is 0 Å². The van der Waals surface area contributed by atoms with Crippen molar-refractivity contribution in [3.8, 4) is 5.75 Å². The lowest BCUT2D eigenvalue weighted by Crippen LogP contribution is -2.44. The number of ether oxygens (including phenoxy) is 1. The maximum atomic E-state index is 13.1. The highest BCUT2D eigenvalue weighted by molar-refractivity contribution is 7.89. The Bertz CT molecular complexity index is 996. The fraction of sp³-hybridized carbons (Fsp3) is 0.278. The van der Waals surface area contributed by atoms with Gasteiger partial charge in [-0.15, -0.1) is 0 Å². The predicted molar refractivity (Wildman–Crippen MR) is 96.1 cm³/mol. The molecule has 164 valence electrons. The van der Waals surface area contributed by atoms with Gasteiger partial charge < -0.3 is 10.1 Å². The van der Waals surface area contributed by atoms with Crippen LogP contribution in [0.4, 0.5) is 22.0 Å². The molecule has 0 saturated heterocycles. The molecule has 1 amide bonds. The molecular weight excluding hydrogens is 435 g/mol. The molecule has 0 unspecified atom stereocenters. The molecule has 2 aromatic rings. The summed E-state index contributed by atoms with van der Waals surface area (Å²) in [6, 6.07) is 7.63. The number of halogens is 5. The quantitative estimate of drug-likeness (QED) is 0.602. The summed E-state index contributed by atoms with van der Waals surface area (Å²) in [4.78, 5) is 11.2. The number of amides is 1. The Hall–Kier alpha value is -2.73. The van der Waals surface area contributed by atoms with Crippen LogP contribution < -0.4 is 14.8 Å². The molecule has 30 heavy (non-hydrogen) atoms. The van der Waals surface area contributed by atoms with Gasteiger partial charge in [-0.1, -0.05) is 24.3 Å². The van der Waals surface area contributed by atoms with Gasteiger partial charge in [0.2, 0.25) is 15.9 Å². The van der Waals surface area contributed by atoms with Crippen molar-refractivity contribution in [1.29, 1.82) is 0 Å². The third-order valence-corrected chi connectivity index (χ3v) is 5.40. The zero-order valence-electron chi connectivity index (χ0n) is 15.4. The molecule has 0 heterocycles. The van der Waals surface area contributed by atoms with E-state index in [-0.39, 0.29) is 12.3 Å². The largest absolute Gasteiger partial charge is 0.435 e. The van der Waals surface area contributed by atoms with E-state index in [0.29, 0.717) is 11.6 Å². The smallest absolute Gasteiger partial charge is 0.417 e. The number of hydrogen-bond donors (Lipinski definition) is 2. The van der Waals surface area contributed by atoms with Gasteiger partial charge in [0, 0.05) is 6.54 Å². The van der Waals surface area contributed by atoms with Gasteiger partial charge in [0.05, 0.1) is 16.5 Å². The number of hydrogen-bond acceptors (Lipinski definition) is 4. The highest BCUT2D eigenvalue weighted by Crippen LogP contribution is 2.33. The lowest BCUT2D eigenvalue weighted by atomic mass is 10.2. The molecule has 2 aromatic carbocycles. The molecule has 0 saturated carbocycles. The summed E-state index contributed by atoms with van der Waals surface area (Å²) in [6.45, 7) is -2.02. The molecular formula is C18H17F5N2O4S. The Balaban J connectivity index is 2.06. The van der Waals surface area contributed by atoms with Crippen LogP contribution in [0.1, 0.15) is 18.1 Å². The number of carbonyl (C=O) groups excluding carboxylic acids is 1. The first-order valence-corrected chi connectivity index (χ1v) is 9.88. The van der Waals surface area contributed by atoms with Crippen LogP contribution in [0.15, 0.2) is 53.4 Å². The maximum absolute atomic E-state index is 13.1. The highest BCUT2D eigenvalue weighted by atomic mass is 32.2. The van der Waals surface area contributed by atoms with E-state index < -0.39 is 45.2 Å². The van der Waals surface area contributed by atoms with Crippen molar-refractivity contribution in [3.63, 3.8) is 0 Å². The SMILES string of the molecule is C[C@H](NS(=O)(=O)c1ccccc1C(F)(F)F)C(=O)NCc1cccc(OC(F)F)c1. The van der Waals surface area contributed by atoms with Gasteiger partial charge in [-0.05, 0) is 36.8 Å². The van der Waals surface area contributed by atoms with Crippen LogP contribution in [-0.2, 0) is 27.5 Å². The fourth-order valence-corrected chi connectivity index (χ4v) is 3.89. The number of rotatable bonds is 8. The molecule has 0 aliphatic carbocycles. The van der Waals surface area contributed by atoms with Crippen LogP contribution in [0.3, 0.4) is 0 Å². The van der Waals surface area contributed by atoms with E-state index in [1.165, 1.54) is 24.3 Å². The van der Waals surface area contributed by atoms with Gasteiger partial charge in [-0.3, -0.25) is 4.79 Å². The van der Waals surface area contributed by atoms with Gasteiger partial charge in [0.25, 0.3) is 0 Å². The topological polar surface area (TPSA) is 84.5 Å². The van der Waals surface area contributed by atoms with Crippen molar-refractivity contribution in [2.75, 3.05) is 0 Å². The molecule has 12 heteroatoms. The monoisotopic (exact) mass is 452 g/mol. The molecule has 0 aromatic heterocycles. The second-order valence-corrected chi connectivity index (χ2v) is 7.76. The summed E-state index contributed by atoms with van der Waals surface area (Å²) < 4.78 is 94.5. The Morgan fingerprint density at radius 2 is 1.77 bits per heavy atom. The van der Waals surface area contributed by atoms with Gasteiger partial charge in [-0.25, -0.2) is 8.42 Å². The molecule has 2 rings (SSSR count). The lowest BCUT2D eigenvalue weighted by Gasteiger charge is -2.17. The van der Waals surface area contributed by atoms with Crippen LogP contribution >= 0.6 is 0 Å². The molecule has 0 radical (unpaired) electrons. The summed E-state index contributed by atoms with van der Waals surface area (Å²) in [6.07, 6.45) is -4.90. The van der Waals surface area contributed by atoms with Gasteiger partial charge in [-0.2, -0.15) is 26.7 Å². The molecule has 0 aliphatic heterocycles. The molecule has 6 nitrogen and oxygen atoms in total. The molecule has 0 fully saturated rings. The Labute approximate surface area is 169 Å². The van der Waals surface area contributed by atoms with Crippen LogP contribution in [-0.4, -0.2) is 27.0 Å². The Morgan fingerprint density at radius 1 is 1.10 bits per heavy atom. The summed E-state index contributed by atoms with van der Waals surface area (Å²) >= 11 is 0. The van der Waals surface area contributed by atoms with Crippen molar-refractivity contribution in [2.45, 2.75) is 37.2 Å². The summed E-state index contributed by atoms with van der Waals surface area (Å²) in [7, 11) is -4.66. The third-order valence-electron chi connectivity index (χ3n) is 3.80. The standard InChI is InChI=1S/C18H17F5N2O4S/c1-11(16(26)24-10-12-5-4-6-13(9-12)29-17(19)20)25-30(27,28)15-8-3-2-7-14(15)18(21,22)23/h2-9,11,17,25H,10H2,1H3,(H,24,26)/t11-/m0/s1. The molecule has 0 spiro atoms. The molecule has 1 atom stereocenters. The number of sulfonamides is 1. The number of alkyl halides is 5. The van der Waals surface area contributed by atoms with E-state index in [0.717, 1.165) is 25.1 Å². The second-order valence-electron chi connectivity index (χ2n) is 6.08. The average molecular weight is 452 g/mol. The minimum absolute atomic E-state index is 0.130. The maximum Gasteiger partial charge on any atom is 0.417 e. The molecule has 0 bridgehead atoms. The first-order valence-electron chi connectivity index (χ1n) is 8.40. The molecule has 0 aliphatic rings. The van der Waals surface area contributed by atoms with E-state index in [1.807, 2.05) is 4.72 Å². The van der Waals surface area contributed by atoms with Crippen molar-refractivity contribution < 1.29 is 39.9 Å². The van der Waals surface area contributed by atoms with E-state index in [9.17, 15) is 35.2 Å². The Kier molecular flexibility index (Phi) is 7.37. The molecule has 2 N–H and O–H groups in total. The number of carbonyl (C=O) groups is 1. The van der Waals surface area contributed by atoms with Crippen molar-refractivity contribution in [3.05, 3.63) is 59.7 Å².